The summed E-state index contributed by atoms with van der Waals surface area (Å²) in [7, 11) is 0. The van der Waals surface area contributed by atoms with Crippen molar-refractivity contribution in [2.24, 2.45) is 0 Å². The van der Waals surface area contributed by atoms with Crippen molar-refractivity contribution in [3.05, 3.63) is 130 Å². The number of pyridine rings is 1. The summed E-state index contributed by atoms with van der Waals surface area (Å²) in [6.45, 7) is 13.4. The Balaban J connectivity index is 0.684. The molecule has 6 fully saturated rings. The summed E-state index contributed by atoms with van der Waals surface area (Å²) in [5.74, 6) is -2.93. The summed E-state index contributed by atoms with van der Waals surface area (Å²) in [5, 5.41) is 8.43. The summed E-state index contributed by atoms with van der Waals surface area (Å²) in [6, 6.07) is 21.9. The summed E-state index contributed by atoms with van der Waals surface area (Å²) >= 11 is 0. The number of carbonyl (C=O) groups is 8. The highest BCUT2D eigenvalue weighted by Gasteiger charge is 2.56. The van der Waals surface area contributed by atoms with Crippen molar-refractivity contribution in [3.63, 3.8) is 0 Å². The van der Waals surface area contributed by atoms with E-state index in [0.29, 0.717) is 89.9 Å². The van der Waals surface area contributed by atoms with E-state index in [-0.39, 0.29) is 83.5 Å². The number of aryl methyl sites for hydroxylation is 1. The number of anilines is 4. The minimum atomic E-state index is -1.06. The van der Waals surface area contributed by atoms with Crippen molar-refractivity contribution in [1.82, 2.24) is 44.8 Å². The molecule has 2 bridgehead atoms. The first kappa shape index (κ1) is 57.9. The minimum Gasteiger partial charge on any atom is -0.367 e. The van der Waals surface area contributed by atoms with Crippen molar-refractivity contribution in [1.29, 1.82) is 0 Å². The van der Waals surface area contributed by atoms with Crippen molar-refractivity contribution in [2.75, 3.05) is 54.4 Å². The number of hydrogen-bond donors (Lipinski definition) is 3. The molecule has 0 radical (unpaired) electrons. The standard InChI is InChI=1S/C68H73FN12O8/c1-37(2)71-61(83)49-32-54(52(69)27-39(49)5)73-60-59-55(70-36-78(59)38(3)4)33-53(72-60)42-13-18-51-57(28-42)80(47-29-46(30-47)75-23-7-6-8-24-75)67(89)68(51)21-25-76(26-22-68)63(85)40-9-11-41(12-10-40)64(86)79-44-14-15-45(79)35-77(34-44)43-16-17-48-50(31-43)66(88)81(65(48)87)56-19-20-58(82)74-62(56)84/h9-13,16-18,27-28,31-33,36-38,44-47,56H,6-8,14-15,19-26,29-30,34-35H2,1-5H3,(H,71,83)(H,72,73)(H,74,82,84)/t44?,45?,46-,47+,56?. The van der Waals surface area contributed by atoms with Crippen LogP contribution < -0.4 is 25.8 Å². The van der Waals surface area contributed by atoms with E-state index >= 15 is 9.18 Å². The van der Waals surface area contributed by atoms with Gasteiger partial charge in [-0.1, -0.05) is 18.6 Å². The predicted octanol–water partition coefficient (Wildman–Crippen LogP) is 8.44. The van der Waals surface area contributed by atoms with Gasteiger partial charge < -0.3 is 39.7 Å². The van der Waals surface area contributed by atoms with E-state index in [1.54, 1.807) is 55.7 Å². The second kappa shape index (κ2) is 22.3. The predicted molar refractivity (Wildman–Crippen MR) is 332 cm³/mol. The third-order valence-electron chi connectivity index (χ3n) is 20.2. The first-order valence-electron chi connectivity index (χ1n) is 31.6. The van der Waals surface area contributed by atoms with Crippen LogP contribution in [-0.4, -0.2) is 157 Å². The number of benzene rings is 4. The van der Waals surface area contributed by atoms with Crippen LogP contribution in [0.5, 0.6) is 0 Å². The number of hydrogen-bond acceptors (Lipinski definition) is 13. The Labute approximate surface area is 515 Å². The fraction of sp³-hybridized carbons (Fsp3) is 0.441. The van der Waals surface area contributed by atoms with Crippen LogP contribution in [0.2, 0.25) is 0 Å². The van der Waals surface area contributed by atoms with Gasteiger partial charge in [-0.25, -0.2) is 14.4 Å². The van der Waals surface area contributed by atoms with Gasteiger partial charge in [0.05, 0.1) is 39.8 Å². The van der Waals surface area contributed by atoms with Crippen molar-refractivity contribution in [2.45, 2.75) is 153 Å². The molecule has 14 rings (SSSR count). The molecule has 3 unspecified atom stereocenters. The number of carbonyl (C=O) groups excluding carboxylic acids is 8. The second-order valence-corrected chi connectivity index (χ2v) is 26.3. The maximum absolute atomic E-state index is 16.0. The first-order chi connectivity index (χ1) is 42.8. The van der Waals surface area contributed by atoms with Gasteiger partial charge in [0.1, 0.15) is 17.4 Å². The Morgan fingerprint density at radius 2 is 1.43 bits per heavy atom. The highest BCUT2D eigenvalue weighted by Crippen LogP contribution is 2.53. The lowest BCUT2D eigenvalue weighted by atomic mass is 9.73. The number of piperazine rings is 1. The summed E-state index contributed by atoms with van der Waals surface area (Å²) in [5.41, 5.74) is 6.61. The van der Waals surface area contributed by atoms with Gasteiger partial charge in [0.2, 0.25) is 17.7 Å². The molecule has 8 amide bonds. The average molecular weight is 1210 g/mol. The molecule has 3 atom stereocenters. The van der Waals surface area contributed by atoms with Gasteiger partial charge >= 0.3 is 0 Å². The maximum Gasteiger partial charge on any atom is 0.262 e. The number of nitrogens with one attached hydrogen (secondary N) is 3. The van der Waals surface area contributed by atoms with Gasteiger partial charge in [-0.3, -0.25) is 48.6 Å². The number of rotatable bonds is 12. The molecule has 6 aromatic rings. The number of imide groups is 2. The molecule has 21 heteroatoms. The summed E-state index contributed by atoms with van der Waals surface area (Å²) < 4.78 is 18.0. The minimum absolute atomic E-state index is 0.00452. The Morgan fingerprint density at radius 3 is 2.11 bits per heavy atom. The third kappa shape index (κ3) is 9.90. The van der Waals surface area contributed by atoms with Crippen molar-refractivity contribution < 1.29 is 42.7 Å². The Kier molecular flexibility index (Phi) is 14.5. The maximum atomic E-state index is 16.0. The molecule has 20 nitrogen and oxygen atoms in total. The van der Waals surface area contributed by atoms with Crippen LogP contribution >= 0.6 is 0 Å². The molecule has 5 saturated heterocycles. The summed E-state index contributed by atoms with van der Waals surface area (Å²) in [6.07, 6.45) is 9.63. The number of halogens is 1. The molecule has 7 aliphatic heterocycles. The van der Waals surface area contributed by atoms with Gasteiger partial charge in [-0.2, -0.15) is 0 Å². The van der Waals surface area contributed by atoms with E-state index in [0.717, 1.165) is 66.2 Å². The topological polar surface area (TPSA) is 223 Å². The van der Waals surface area contributed by atoms with E-state index in [4.69, 9.17) is 9.97 Å². The lowest BCUT2D eigenvalue weighted by Gasteiger charge is -2.48. The molecule has 4 aromatic carbocycles. The van der Waals surface area contributed by atoms with Crippen molar-refractivity contribution in [3.8, 4) is 11.3 Å². The van der Waals surface area contributed by atoms with Crippen LogP contribution in [0.1, 0.15) is 167 Å². The highest BCUT2D eigenvalue weighted by atomic mass is 19.1. The molecule has 8 aliphatic rings. The smallest absolute Gasteiger partial charge is 0.262 e. The molecule has 1 aliphatic carbocycles. The molecule has 89 heavy (non-hydrogen) atoms. The number of imidazole rings is 1. The van der Waals surface area contributed by atoms with Crippen molar-refractivity contribution >= 4 is 81.2 Å². The van der Waals surface area contributed by atoms with Crippen LogP contribution in [-0.2, 0) is 19.8 Å². The number of likely N-dealkylation sites (tertiary alicyclic amines) is 2. The fourth-order valence-corrected chi connectivity index (χ4v) is 15.4. The molecule has 460 valence electrons. The van der Waals surface area contributed by atoms with E-state index < -0.39 is 40.9 Å². The summed E-state index contributed by atoms with van der Waals surface area (Å²) in [4.78, 5) is 131. The molecule has 1 spiro atoms. The molecule has 1 saturated carbocycles. The van der Waals surface area contributed by atoms with Crippen LogP contribution in [0, 0.1) is 12.7 Å². The number of fused-ring (bicyclic) bond motifs is 6. The zero-order valence-corrected chi connectivity index (χ0v) is 50.8. The van der Waals surface area contributed by atoms with Gasteiger partial charge in [-0.15, -0.1) is 0 Å². The van der Waals surface area contributed by atoms with Gasteiger partial charge in [-0.05, 0) is 183 Å². The zero-order valence-electron chi connectivity index (χ0n) is 50.8. The fourth-order valence-electron chi connectivity index (χ4n) is 15.4. The zero-order chi connectivity index (χ0) is 61.9. The normalized spacial score (nSPS) is 23.2. The molecule has 2 aromatic heterocycles. The van der Waals surface area contributed by atoms with E-state index in [2.05, 4.69) is 37.9 Å². The average Bonchev–Trinajstić information content (AvgIpc) is 1.84. The second-order valence-electron chi connectivity index (χ2n) is 26.3. The monoisotopic (exact) mass is 1200 g/mol. The van der Waals surface area contributed by atoms with Crippen LogP contribution in [0.15, 0.2) is 85.2 Å². The third-order valence-corrected chi connectivity index (χ3v) is 20.2. The van der Waals surface area contributed by atoms with E-state index in [9.17, 15) is 33.6 Å². The lowest BCUT2D eigenvalue weighted by Crippen LogP contribution is -2.58. The van der Waals surface area contributed by atoms with Gasteiger partial charge in [0.25, 0.3) is 29.5 Å². The van der Waals surface area contributed by atoms with E-state index in [1.807, 2.05) is 59.1 Å². The lowest BCUT2D eigenvalue weighted by molar-refractivity contribution is -0.136. The number of aromatic nitrogens is 3. The first-order valence-corrected chi connectivity index (χ1v) is 31.6. The van der Waals surface area contributed by atoms with E-state index in [1.165, 1.54) is 31.4 Å². The Morgan fingerprint density at radius 1 is 0.730 bits per heavy atom. The van der Waals surface area contributed by atoms with Gasteiger partial charge in [0.15, 0.2) is 5.82 Å². The number of piperidine rings is 3. The van der Waals surface area contributed by atoms with Crippen LogP contribution in [0.25, 0.3) is 22.3 Å². The molecule has 9 heterocycles. The molecular weight excluding hydrogens is 1130 g/mol. The molecular formula is C68H73FN12O8. The Bertz CT molecular complexity index is 3960. The van der Waals surface area contributed by atoms with Crippen LogP contribution in [0.4, 0.5) is 27.3 Å². The quantitative estimate of drug-likeness (QED) is 0.0980. The highest BCUT2D eigenvalue weighted by molar-refractivity contribution is 6.24. The molecule has 3 N–H and O–H groups in total. The number of amides is 8. The van der Waals surface area contributed by atoms with Crippen LogP contribution in [0.3, 0.4) is 0 Å². The van der Waals surface area contributed by atoms with Gasteiger partial charge in [0, 0.05) is 102 Å². The SMILES string of the molecule is Cc1cc(F)c(Nc2nc(-c3ccc4c(c3)N([C@H]3C[C@@H](N5CCCCC5)C3)C(=O)C43CCN(C(=O)c4ccc(C(=O)N5C6CCC5CN(c5ccc7c(c5)C(=O)N(C5CCC(=O)NC5=O)C7=O)C6)cc4)CC3)cc3ncn(C(C)C)c23)cc1C(=O)NC(C)C. The Hall–Kier alpha value is -8.85. The largest absolute Gasteiger partial charge is 0.367 e. The number of nitrogens with zero attached hydrogens (tertiary/aromatic N) is 9.